The quantitative estimate of drug-likeness (QED) is 0.785. The van der Waals surface area contributed by atoms with Gasteiger partial charge >= 0.3 is 0 Å². The Kier molecular flexibility index (Phi) is 4.10. The van der Waals surface area contributed by atoms with Crippen LogP contribution in [0.25, 0.3) is 0 Å². The standard InChI is InChI=1S/C19H30N2O2/c1-13-12-16-4-2-3-5-17(16)21(13)19(23)15-8-10-20(11-9-15)18(22)14-6-7-14/h13-17H,2-12H2,1H3/t13-,16-,17-/m1/s1. The molecule has 0 radical (unpaired) electrons. The van der Waals surface area contributed by atoms with Crippen molar-refractivity contribution in [2.45, 2.75) is 76.8 Å². The number of amides is 2. The maximum atomic E-state index is 13.1. The average Bonchev–Trinajstić information content (AvgIpc) is 3.36. The normalized spacial score (nSPS) is 35.3. The number of fused-ring (bicyclic) bond motifs is 1. The zero-order valence-corrected chi connectivity index (χ0v) is 14.4. The van der Waals surface area contributed by atoms with Crippen LogP contribution in [0, 0.1) is 17.8 Å². The van der Waals surface area contributed by atoms with E-state index in [1.807, 2.05) is 4.90 Å². The number of likely N-dealkylation sites (tertiary alicyclic amines) is 2. The molecule has 128 valence electrons. The van der Waals surface area contributed by atoms with Crippen LogP contribution in [0.15, 0.2) is 0 Å². The van der Waals surface area contributed by atoms with Crippen LogP contribution in [-0.4, -0.2) is 46.8 Å². The summed E-state index contributed by atoms with van der Waals surface area (Å²) < 4.78 is 0. The number of piperidine rings is 1. The molecule has 23 heavy (non-hydrogen) atoms. The summed E-state index contributed by atoms with van der Waals surface area (Å²) in [5.74, 6) is 1.95. The van der Waals surface area contributed by atoms with E-state index in [-0.39, 0.29) is 5.92 Å². The zero-order chi connectivity index (χ0) is 16.0. The van der Waals surface area contributed by atoms with Gasteiger partial charge in [-0.3, -0.25) is 9.59 Å². The van der Waals surface area contributed by atoms with Gasteiger partial charge in [0, 0.05) is 37.0 Å². The maximum absolute atomic E-state index is 13.1. The minimum atomic E-state index is 0.154. The average molecular weight is 318 g/mol. The lowest BCUT2D eigenvalue weighted by Gasteiger charge is -2.38. The summed E-state index contributed by atoms with van der Waals surface area (Å²) in [5.41, 5.74) is 0. The van der Waals surface area contributed by atoms with E-state index in [2.05, 4.69) is 11.8 Å². The van der Waals surface area contributed by atoms with Crippen LogP contribution in [0.5, 0.6) is 0 Å². The van der Waals surface area contributed by atoms with Crippen molar-refractivity contribution in [3.8, 4) is 0 Å². The van der Waals surface area contributed by atoms with E-state index in [9.17, 15) is 9.59 Å². The van der Waals surface area contributed by atoms with Gasteiger partial charge in [0.1, 0.15) is 0 Å². The Morgan fingerprint density at radius 1 is 0.826 bits per heavy atom. The first kappa shape index (κ1) is 15.5. The summed E-state index contributed by atoms with van der Waals surface area (Å²) in [7, 11) is 0. The molecule has 4 fully saturated rings. The van der Waals surface area contributed by atoms with E-state index >= 15 is 0 Å². The molecule has 0 spiro atoms. The Balaban J connectivity index is 1.36. The van der Waals surface area contributed by atoms with Crippen LogP contribution in [0.4, 0.5) is 0 Å². The molecule has 0 aromatic heterocycles. The molecule has 2 amide bonds. The molecule has 3 atom stereocenters. The number of nitrogens with zero attached hydrogens (tertiary/aromatic N) is 2. The second kappa shape index (κ2) is 6.10. The first-order chi connectivity index (χ1) is 11.1. The number of hydrogen-bond donors (Lipinski definition) is 0. The second-order valence-electron chi connectivity index (χ2n) is 8.32. The van der Waals surface area contributed by atoms with Gasteiger partial charge in [-0.2, -0.15) is 0 Å². The first-order valence-electron chi connectivity index (χ1n) is 9.76. The molecule has 4 heteroatoms. The number of carbonyl (C=O) groups excluding carboxylic acids is 2. The van der Waals surface area contributed by atoms with Gasteiger partial charge in [0.05, 0.1) is 0 Å². The lowest BCUT2D eigenvalue weighted by atomic mass is 9.84. The second-order valence-corrected chi connectivity index (χ2v) is 8.32. The molecule has 0 bridgehead atoms. The third-order valence-corrected chi connectivity index (χ3v) is 6.68. The van der Waals surface area contributed by atoms with Crippen molar-refractivity contribution in [2.24, 2.45) is 17.8 Å². The summed E-state index contributed by atoms with van der Waals surface area (Å²) in [6.45, 7) is 3.83. The predicted octanol–water partition coefficient (Wildman–Crippen LogP) is 2.81. The highest BCUT2D eigenvalue weighted by Gasteiger charge is 2.45. The Labute approximate surface area is 139 Å². The molecule has 0 aromatic rings. The highest BCUT2D eigenvalue weighted by Crippen LogP contribution is 2.41. The molecule has 4 rings (SSSR count). The molecule has 0 aromatic carbocycles. The van der Waals surface area contributed by atoms with Crippen molar-refractivity contribution in [3.63, 3.8) is 0 Å². The molecular formula is C19H30N2O2. The van der Waals surface area contributed by atoms with Crippen LogP contribution >= 0.6 is 0 Å². The SMILES string of the molecule is C[C@@H]1C[C@H]2CCCC[C@H]2N1C(=O)C1CCN(C(=O)C2CC2)CC1. The smallest absolute Gasteiger partial charge is 0.226 e. The third kappa shape index (κ3) is 2.89. The van der Waals surface area contributed by atoms with Gasteiger partial charge in [0.2, 0.25) is 11.8 Å². The molecule has 4 aliphatic rings. The lowest BCUT2D eigenvalue weighted by molar-refractivity contribution is -0.143. The van der Waals surface area contributed by atoms with Crippen molar-refractivity contribution in [3.05, 3.63) is 0 Å². The number of carbonyl (C=O) groups is 2. The fourth-order valence-corrected chi connectivity index (χ4v) is 5.23. The van der Waals surface area contributed by atoms with Gasteiger partial charge in [-0.1, -0.05) is 12.8 Å². The van der Waals surface area contributed by atoms with Crippen molar-refractivity contribution < 1.29 is 9.59 Å². The van der Waals surface area contributed by atoms with Gasteiger partial charge in [0.25, 0.3) is 0 Å². The van der Waals surface area contributed by atoms with Crippen LogP contribution < -0.4 is 0 Å². The first-order valence-corrected chi connectivity index (χ1v) is 9.76. The van der Waals surface area contributed by atoms with E-state index in [1.165, 1.54) is 32.1 Å². The molecule has 2 aliphatic heterocycles. The number of hydrogen-bond acceptors (Lipinski definition) is 2. The van der Waals surface area contributed by atoms with Crippen LogP contribution in [0.2, 0.25) is 0 Å². The Bertz CT molecular complexity index is 480. The van der Waals surface area contributed by atoms with Crippen molar-refractivity contribution in [1.29, 1.82) is 0 Å². The minimum absolute atomic E-state index is 0.154. The van der Waals surface area contributed by atoms with Gasteiger partial charge in [-0.25, -0.2) is 0 Å². The molecule has 0 unspecified atom stereocenters. The summed E-state index contributed by atoms with van der Waals surface area (Å²) in [6, 6.07) is 0.930. The van der Waals surface area contributed by atoms with E-state index < -0.39 is 0 Å². The zero-order valence-electron chi connectivity index (χ0n) is 14.4. The Morgan fingerprint density at radius 3 is 2.17 bits per heavy atom. The van der Waals surface area contributed by atoms with Crippen molar-refractivity contribution >= 4 is 11.8 Å². The monoisotopic (exact) mass is 318 g/mol. The molecule has 2 saturated carbocycles. The highest BCUT2D eigenvalue weighted by atomic mass is 16.2. The van der Waals surface area contributed by atoms with Gasteiger partial charge in [0.15, 0.2) is 0 Å². The van der Waals surface area contributed by atoms with Crippen LogP contribution in [0.3, 0.4) is 0 Å². The Morgan fingerprint density at radius 2 is 1.48 bits per heavy atom. The summed E-state index contributed by atoms with van der Waals surface area (Å²) in [4.78, 5) is 29.5. The minimum Gasteiger partial charge on any atom is -0.342 e. The summed E-state index contributed by atoms with van der Waals surface area (Å²) in [5, 5.41) is 0. The molecule has 2 saturated heterocycles. The number of rotatable bonds is 2. The Hall–Kier alpha value is -1.06. The lowest BCUT2D eigenvalue weighted by Crippen LogP contribution is -2.49. The van der Waals surface area contributed by atoms with E-state index in [0.717, 1.165) is 44.7 Å². The van der Waals surface area contributed by atoms with E-state index in [1.54, 1.807) is 0 Å². The third-order valence-electron chi connectivity index (χ3n) is 6.68. The van der Waals surface area contributed by atoms with Gasteiger partial charge in [-0.05, 0) is 57.8 Å². The van der Waals surface area contributed by atoms with Crippen molar-refractivity contribution in [2.75, 3.05) is 13.1 Å². The summed E-state index contributed by atoms with van der Waals surface area (Å²) in [6.07, 6.45) is 10.2. The molecule has 0 N–H and O–H groups in total. The van der Waals surface area contributed by atoms with Crippen LogP contribution in [0.1, 0.15) is 64.7 Å². The van der Waals surface area contributed by atoms with E-state index in [0.29, 0.717) is 29.8 Å². The largest absolute Gasteiger partial charge is 0.342 e. The molecular weight excluding hydrogens is 288 g/mol. The van der Waals surface area contributed by atoms with E-state index in [4.69, 9.17) is 0 Å². The van der Waals surface area contributed by atoms with Crippen LogP contribution in [-0.2, 0) is 9.59 Å². The predicted molar refractivity (Wildman–Crippen MR) is 88.7 cm³/mol. The summed E-state index contributed by atoms with van der Waals surface area (Å²) >= 11 is 0. The maximum Gasteiger partial charge on any atom is 0.226 e. The molecule has 4 nitrogen and oxygen atoms in total. The van der Waals surface area contributed by atoms with Gasteiger partial charge < -0.3 is 9.80 Å². The highest BCUT2D eigenvalue weighted by molar-refractivity contribution is 5.82. The molecule has 2 aliphatic carbocycles. The fraction of sp³-hybridized carbons (Fsp3) is 0.895. The van der Waals surface area contributed by atoms with Crippen molar-refractivity contribution in [1.82, 2.24) is 9.80 Å². The van der Waals surface area contributed by atoms with Gasteiger partial charge in [-0.15, -0.1) is 0 Å². The fourth-order valence-electron chi connectivity index (χ4n) is 5.23. The molecule has 2 heterocycles. The topological polar surface area (TPSA) is 40.6 Å².